The number of nitrogens with one attached hydrogen (secondary N) is 1. The highest BCUT2D eigenvalue weighted by Gasteiger charge is 2.24. The molecule has 0 atom stereocenters. The first-order valence-corrected chi connectivity index (χ1v) is 7.79. The Balaban J connectivity index is 1.86. The van der Waals surface area contributed by atoms with Crippen LogP contribution in [-0.4, -0.2) is 36.0 Å². The number of rotatable bonds is 2. The lowest BCUT2D eigenvalue weighted by molar-refractivity contribution is 0.324. The smallest absolute Gasteiger partial charge is 0.0830 e. The lowest BCUT2D eigenvalue weighted by atomic mass is 9.95. The minimum absolute atomic E-state index is 0.643. The van der Waals surface area contributed by atoms with Crippen molar-refractivity contribution in [2.45, 2.75) is 52.0 Å². The molecule has 0 unspecified atom stereocenters. The van der Waals surface area contributed by atoms with Crippen molar-refractivity contribution in [3.05, 3.63) is 11.4 Å². The maximum Gasteiger partial charge on any atom is 0.0830 e. The second kappa shape index (κ2) is 5.53. The number of hydrogen-bond donors (Lipinski definition) is 1. The molecule has 0 amide bonds. The summed E-state index contributed by atoms with van der Waals surface area (Å²) in [6.45, 7) is 8.83. The molecular weight excluding hydrogens is 236 g/mol. The Bertz CT molecular complexity index is 426. The standard InChI is InChI=1S/C15H26N4/c1-12-15(18-10-8-16-9-11-18)13(2)19(17-12)14-6-4-3-5-7-14/h14,16H,3-11H2,1-2H3. The van der Waals surface area contributed by atoms with E-state index in [0.29, 0.717) is 6.04 Å². The van der Waals surface area contributed by atoms with Crippen molar-refractivity contribution in [3.8, 4) is 0 Å². The molecule has 106 valence electrons. The Kier molecular flexibility index (Phi) is 3.78. The van der Waals surface area contributed by atoms with Crippen molar-refractivity contribution >= 4 is 5.69 Å². The van der Waals surface area contributed by atoms with Gasteiger partial charge in [0.05, 0.1) is 23.1 Å². The number of aromatic nitrogens is 2. The SMILES string of the molecule is Cc1nn(C2CCCCC2)c(C)c1N1CCNCC1. The topological polar surface area (TPSA) is 33.1 Å². The largest absolute Gasteiger partial charge is 0.366 e. The van der Waals surface area contributed by atoms with Gasteiger partial charge in [-0.25, -0.2) is 0 Å². The second-order valence-electron chi connectivity index (χ2n) is 5.99. The Morgan fingerprint density at radius 1 is 1.05 bits per heavy atom. The number of piperazine rings is 1. The fourth-order valence-corrected chi connectivity index (χ4v) is 3.68. The highest BCUT2D eigenvalue weighted by Crippen LogP contribution is 2.33. The van der Waals surface area contributed by atoms with Gasteiger partial charge in [-0.15, -0.1) is 0 Å². The minimum atomic E-state index is 0.643. The molecule has 1 saturated carbocycles. The van der Waals surface area contributed by atoms with E-state index in [4.69, 9.17) is 5.10 Å². The van der Waals surface area contributed by atoms with Crippen LogP contribution >= 0.6 is 0 Å². The van der Waals surface area contributed by atoms with E-state index in [2.05, 4.69) is 28.7 Å². The van der Waals surface area contributed by atoms with Crippen LogP contribution in [0.25, 0.3) is 0 Å². The Morgan fingerprint density at radius 3 is 2.42 bits per heavy atom. The summed E-state index contributed by atoms with van der Waals surface area (Å²) in [5.74, 6) is 0. The van der Waals surface area contributed by atoms with Gasteiger partial charge in [0.15, 0.2) is 0 Å². The molecule has 0 bridgehead atoms. The van der Waals surface area contributed by atoms with Crippen LogP contribution in [0.3, 0.4) is 0 Å². The number of anilines is 1. The molecule has 1 aliphatic heterocycles. The summed E-state index contributed by atoms with van der Waals surface area (Å²) in [6.07, 6.45) is 6.75. The Labute approximate surface area is 116 Å². The van der Waals surface area contributed by atoms with Gasteiger partial charge in [0, 0.05) is 26.2 Å². The molecule has 2 fully saturated rings. The fourth-order valence-electron chi connectivity index (χ4n) is 3.68. The van der Waals surface area contributed by atoms with E-state index in [1.807, 2.05) is 0 Å². The van der Waals surface area contributed by atoms with Crippen molar-refractivity contribution in [2.75, 3.05) is 31.1 Å². The molecule has 0 spiro atoms. The average molecular weight is 262 g/mol. The van der Waals surface area contributed by atoms with E-state index in [1.54, 1.807) is 0 Å². The van der Waals surface area contributed by atoms with E-state index in [0.717, 1.165) is 26.2 Å². The van der Waals surface area contributed by atoms with Gasteiger partial charge < -0.3 is 10.2 Å². The van der Waals surface area contributed by atoms with Crippen LogP contribution in [-0.2, 0) is 0 Å². The summed E-state index contributed by atoms with van der Waals surface area (Å²) in [4.78, 5) is 2.51. The molecule has 1 N–H and O–H groups in total. The predicted octanol–water partition coefficient (Wildman–Crippen LogP) is 2.41. The third-order valence-electron chi connectivity index (χ3n) is 4.64. The molecule has 2 aliphatic rings. The molecule has 4 nitrogen and oxygen atoms in total. The predicted molar refractivity (Wildman–Crippen MR) is 78.9 cm³/mol. The van der Waals surface area contributed by atoms with Gasteiger partial charge in [0.2, 0.25) is 0 Å². The third kappa shape index (κ3) is 2.50. The van der Waals surface area contributed by atoms with Gasteiger partial charge in [-0.05, 0) is 26.7 Å². The highest BCUT2D eigenvalue weighted by molar-refractivity contribution is 5.55. The molecule has 1 aliphatic carbocycles. The molecule has 3 rings (SSSR count). The van der Waals surface area contributed by atoms with Crippen molar-refractivity contribution in [1.29, 1.82) is 0 Å². The van der Waals surface area contributed by atoms with Crippen LogP contribution in [0, 0.1) is 13.8 Å². The van der Waals surface area contributed by atoms with Crippen LogP contribution in [0.5, 0.6) is 0 Å². The zero-order chi connectivity index (χ0) is 13.2. The first kappa shape index (κ1) is 13.0. The molecule has 19 heavy (non-hydrogen) atoms. The lowest BCUT2D eigenvalue weighted by Gasteiger charge is -2.30. The summed E-state index contributed by atoms with van der Waals surface area (Å²) in [5, 5.41) is 8.29. The van der Waals surface area contributed by atoms with E-state index in [1.165, 1.54) is 49.2 Å². The molecular formula is C15H26N4. The van der Waals surface area contributed by atoms with Gasteiger partial charge in [0.1, 0.15) is 0 Å². The van der Waals surface area contributed by atoms with Crippen molar-refractivity contribution < 1.29 is 0 Å². The monoisotopic (exact) mass is 262 g/mol. The second-order valence-corrected chi connectivity index (χ2v) is 5.99. The third-order valence-corrected chi connectivity index (χ3v) is 4.64. The van der Waals surface area contributed by atoms with Crippen LogP contribution < -0.4 is 10.2 Å². The van der Waals surface area contributed by atoms with Gasteiger partial charge in [0.25, 0.3) is 0 Å². The lowest BCUT2D eigenvalue weighted by Crippen LogP contribution is -2.44. The first-order chi connectivity index (χ1) is 9.27. The zero-order valence-corrected chi connectivity index (χ0v) is 12.3. The molecule has 1 saturated heterocycles. The van der Waals surface area contributed by atoms with Crippen LogP contribution in [0.2, 0.25) is 0 Å². The quantitative estimate of drug-likeness (QED) is 0.888. The minimum Gasteiger partial charge on any atom is -0.366 e. The van der Waals surface area contributed by atoms with Crippen molar-refractivity contribution in [2.24, 2.45) is 0 Å². The van der Waals surface area contributed by atoms with E-state index >= 15 is 0 Å². The molecule has 2 heterocycles. The first-order valence-electron chi connectivity index (χ1n) is 7.79. The normalized spacial score (nSPS) is 21.9. The average Bonchev–Trinajstić information content (AvgIpc) is 2.76. The van der Waals surface area contributed by atoms with E-state index < -0.39 is 0 Å². The van der Waals surface area contributed by atoms with E-state index in [-0.39, 0.29) is 0 Å². The number of hydrogen-bond acceptors (Lipinski definition) is 3. The van der Waals surface area contributed by atoms with Gasteiger partial charge in [-0.1, -0.05) is 19.3 Å². The van der Waals surface area contributed by atoms with Gasteiger partial charge >= 0.3 is 0 Å². The van der Waals surface area contributed by atoms with Crippen LogP contribution in [0.1, 0.15) is 49.5 Å². The molecule has 0 aromatic carbocycles. The van der Waals surface area contributed by atoms with Crippen LogP contribution in [0.15, 0.2) is 0 Å². The summed E-state index contributed by atoms with van der Waals surface area (Å²) in [7, 11) is 0. The summed E-state index contributed by atoms with van der Waals surface area (Å²) in [6, 6.07) is 0.643. The van der Waals surface area contributed by atoms with E-state index in [9.17, 15) is 0 Å². The summed E-state index contributed by atoms with van der Waals surface area (Å²) >= 11 is 0. The van der Waals surface area contributed by atoms with Gasteiger partial charge in [-0.3, -0.25) is 4.68 Å². The maximum absolute atomic E-state index is 4.86. The van der Waals surface area contributed by atoms with Crippen LogP contribution in [0.4, 0.5) is 5.69 Å². The highest BCUT2D eigenvalue weighted by atomic mass is 15.3. The molecule has 0 radical (unpaired) electrons. The van der Waals surface area contributed by atoms with Gasteiger partial charge in [-0.2, -0.15) is 5.10 Å². The molecule has 1 aromatic heterocycles. The summed E-state index contributed by atoms with van der Waals surface area (Å²) < 4.78 is 2.33. The number of nitrogens with zero attached hydrogens (tertiary/aromatic N) is 3. The molecule has 1 aromatic rings. The zero-order valence-electron chi connectivity index (χ0n) is 12.3. The van der Waals surface area contributed by atoms with Crippen molar-refractivity contribution in [1.82, 2.24) is 15.1 Å². The Hall–Kier alpha value is -1.03. The number of aryl methyl sites for hydroxylation is 1. The molecule has 4 heteroatoms. The summed E-state index contributed by atoms with van der Waals surface area (Å²) in [5.41, 5.74) is 3.99. The fraction of sp³-hybridized carbons (Fsp3) is 0.800. The Morgan fingerprint density at radius 2 is 1.74 bits per heavy atom. The maximum atomic E-state index is 4.86. The van der Waals surface area contributed by atoms with Crippen molar-refractivity contribution in [3.63, 3.8) is 0 Å².